The van der Waals surface area contributed by atoms with Gasteiger partial charge in [0.25, 0.3) is 0 Å². The summed E-state index contributed by atoms with van der Waals surface area (Å²) >= 11 is 0. The van der Waals surface area contributed by atoms with Crippen LogP contribution in [0.15, 0.2) is 48.3 Å². The van der Waals surface area contributed by atoms with E-state index < -0.39 is 41.6 Å². The highest BCUT2D eigenvalue weighted by atomic mass is 16.9. The minimum Gasteiger partial charge on any atom is -0.507 e. The van der Waals surface area contributed by atoms with Crippen molar-refractivity contribution in [3.8, 4) is 11.5 Å². The minimum atomic E-state index is -3.67. The van der Waals surface area contributed by atoms with E-state index in [0.29, 0.717) is 5.56 Å². The predicted octanol–water partition coefficient (Wildman–Crippen LogP) is 0.644. The molecule has 168 valence electrons. The van der Waals surface area contributed by atoms with Crippen molar-refractivity contribution in [1.29, 1.82) is 0 Å². The highest BCUT2D eigenvalue weighted by Crippen LogP contribution is 2.35. The minimum absolute atomic E-state index is 0.0443. The molecule has 31 heavy (non-hydrogen) atoms. The fraction of sp³-hybridized carbons (Fsp3) is 0.333. The second-order valence-corrected chi connectivity index (χ2v) is 6.98. The summed E-state index contributed by atoms with van der Waals surface area (Å²) in [6, 6.07) is 4.50. The molecular formula is C21H24O10. The van der Waals surface area contributed by atoms with E-state index in [1.807, 2.05) is 0 Å². The van der Waals surface area contributed by atoms with Crippen molar-refractivity contribution in [2.24, 2.45) is 5.92 Å². The molecule has 6 N–H and O–H groups in total. The summed E-state index contributed by atoms with van der Waals surface area (Å²) in [6.07, 6.45) is 2.10. The third-order valence-electron chi connectivity index (χ3n) is 4.43. The Hall–Kier alpha value is -3.02. The van der Waals surface area contributed by atoms with E-state index in [0.717, 1.165) is 12.2 Å². The molecule has 2 unspecified atom stereocenters. The number of ether oxygens (including phenoxy) is 2. The molecule has 1 aliphatic rings. The highest BCUT2D eigenvalue weighted by Gasteiger charge is 2.44. The number of aliphatic hydroxyl groups excluding tert-OH is 1. The molecule has 0 saturated heterocycles. The Balaban J connectivity index is 1.94. The average Bonchev–Trinajstić information content (AvgIpc) is 2.67. The van der Waals surface area contributed by atoms with Crippen LogP contribution in [0.3, 0.4) is 0 Å². The number of rotatable bonds is 9. The Bertz CT molecular complexity index is 909. The van der Waals surface area contributed by atoms with E-state index in [-0.39, 0.29) is 24.3 Å². The van der Waals surface area contributed by atoms with Crippen LogP contribution in [0.2, 0.25) is 0 Å². The van der Waals surface area contributed by atoms with Crippen molar-refractivity contribution >= 4 is 17.6 Å². The van der Waals surface area contributed by atoms with E-state index in [4.69, 9.17) is 20.1 Å². The van der Waals surface area contributed by atoms with E-state index in [1.54, 1.807) is 6.07 Å². The lowest BCUT2D eigenvalue weighted by Gasteiger charge is -2.35. The van der Waals surface area contributed by atoms with Gasteiger partial charge >= 0.3 is 6.16 Å². The van der Waals surface area contributed by atoms with Gasteiger partial charge in [-0.15, -0.1) is 0 Å². The summed E-state index contributed by atoms with van der Waals surface area (Å²) in [5, 5.41) is 56.1. The van der Waals surface area contributed by atoms with Crippen molar-refractivity contribution in [2.75, 3.05) is 7.11 Å². The van der Waals surface area contributed by atoms with Crippen LogP contribution in [-0.2, 0) is 14.3 Å². The molecular weight excluding hydrogens is 412 g/mol. The van der Waals surface area contributed by atoms with Crippen LogP contribution in [0, 0.1) is 5.92 Å². The topological polar surface area (TPSA) is 174 Å². The monoisotopic (exact) mass is 436 g/mol. The maximum atomic E-state index is 12.0. The molecule has 1 aromatic rings. The van der Waals surface area contributed by atoms with Gasteiger partial charge in [-0.05, 0) is 48.3 Å². The number of aliphatic hydroxyl groups is 5. The number of aromatic hydroxyl groups is 1. The number of benzene rings is 1. The lowest BCUT2D eigenvalue weighted by atomic mass is 9.88. The Morgan fingerprint density at radius 2 is 1.87 bits per heavy atom. The van der Waals surface area contributed by atoms with E-state index >= 15 is 0 Å². The average molecular weight is 436 g/mol. The lowest BCUT2D eigenvalue weighted by Crippen LogP contribution is -2.48. The fourth-order valence-electron chi connectivity index (χ4n) is 2.95. The van der Waals surface area contributed by atoms with Gasteiger partial charge in [0, 0.05) is 6.42 Å². The van der Waals surface area contributed by atoms with E-state index in [9.17, 15) is 24.9 Å². The molecule has 0 amide bonds. The zero-order chi connectivity index (χ0) is 23.2. The van der Waals surface area contributed by atoms with Gasteiger partial charge in [0.1, 0.15) is 5.76 Å². The summed E-state index contributed by atoms with van der Waals surface area (Å²) in [6.45, 7) is 0. The van der Waals surface area contributed by atoms with Gasteiger partial charge in [0.05, 0.1) is 13.5 Å². The van der Waals surface area contributed by atoms with Crippen molar-refractivity contribution in [3.05, 3.63) is 53.8 Å². The van der Waals surface area contributed by atoms with Crippen LogP contribution in [0.4, 0.5) is 0 Å². The molecule has 10 nitrogen and oxygen atoms in total. The number of carbonyl (C=O) groups is 2. The first-order valence-electron chi connectivity index (χ1n) is 9.20. The van der Waals surface area contributed by atoms with Gasteiger partial charge in [0.2, 0.25) is 5.79 Å². The van der Waals surface area contributed by atoms with E-state index in [2.05, 4.69) is 4.74 Å². The number of phenols is 1. The largest absolute Gasteiger partial charge is 0.507 e. The zero-order valence-corrected chi connectivity index (χ0v) is 16.6. The predicted molar refractivity (Wildman–Crippen MR) is 106 cm³/mol. The number of ketones is 2. The Morgan fingerprint density at radius 3 is 2.52 bits per heavy atom. The molecule has 0 aromatic heterocycles. The molecule has 1 aliphatic carbocycles. The van der Waals surface area contributed by atoms with Gasteiger partial charge < -0.3 is 35.4 Å². The van der Waals surface area contributed by atoms with Gasteiger partial charge in [-0.25, -0.2) is 0 Å². The Morgan fingerprint density at radius 1 is 1.19 bits per heavy atom. The third-order valence-corrected chi connectivity index (χ3v) is 4.43. The van der Waals surface area contributed by atoms with Gasteiger partial charge in [-0.3, -0.25) is 14.3 Å². The lowest BCUT2D eigenvalue weighted by molar-refractivity contribution is -0.502. The first-order valence-corrected chi connectivity index (χ1v) is 9.20. The Kier molecular flexibility index (Phi) is 7.71. The van der Waals surface area contributed by atoms with Crippen LogP contribution in [0.25, 0.3) is 6.08 Å². The molecule has 0 aliphatic heterocycles. The van der Waals surface area contributed by atoms with Gasteiger partial charge in [-0.1, -0.05) is 18.2 Å². The number of phenolic OH excluding ortho intramolecular Hbond substituents is 1. The summed E-state index contributed by atoms with van der Waals surface area (Å²) in [5.41, 5.74) is 0.590. The van der Waals surface area contributed by atoms with Crippen molar-refractivity contribution in [3.63, 3.8) is 0 Å². The molecule has 0 bridgehead atoms. The van der Waals surface area contributed by atoms with Crippen LogP contribution < -0.4 is 4.74 Å². The van der Waals surface area contributed by atoms with Crippen molar-refractivity contribution < 1.29 is 49.7 Å². The highest BCUT2D eigenvalue weighted by molar-refractivity contribution is 6.09. The number of allylic oxidation sites excluding steroid dienone is 4. The van der Waals surface area contributed by atoms with E-state index in [1.165, 1.54) is 37.5 Å². The fourth-order valence-corrected chi connectivity index (χ4v) is 2.95. The molecule has 0 saturated carbocycles. The second kappa shape index (κ2) is 9.86. The first-order chi connectivity index (χ1) is 14.4. The molecule has 0 heterocycles. The molecule has 0 radical (unpaired) electrons. The SMILES string of the molecule is COc1cc(/C=C/C(=O)CC(=O)/C=C/C2CC=C(O)C(O)(OC(O)(O)O)C2)ccc1O. The molecule has 10 heteroatoms. The molecule has 2 rings (SSSR count). The second-order valence-electron chi connectivity index (χ2n) is 6.98. The number of hydrogen-bond acceptors (Lipinski definition) is 10. The van der Waals surface area contributed by atoms with Crippen molar-refractivity contribution in [1.82, 2.24) is 0 Å². The molecule has 2 atom stereocenters. The van der Waals surface area contributed by atoms with Gasteiger partial charge in [-0.2, -0.15) is 0 Å². The number of hydrogen-bond donors (Lipinski definition) is 6. The quantitative estimate of drug-likeness (QED) is 0.183. The normalized spacial score (nSPS) is 22.0. The van der Waals surface area contributed by atoms with Crippen LogP contribution in [-0.4, -0.2) is 61.3 Å². The summed E-state index contributed by atoms with van der Waals surface area (Å²) in [4.78, 5) is 24.0. The molecule has 0 fully saturated rings. The molecule has 0 spiro atoms. The number of carbonyl (C=O) groups excluding carboxylic acids is 2. The van der Waals surface area contributed by atoms with Crippen LogP contribution >= 0.6 is 0 Å². The van der Waals surface area contributed by atoms with Crippen LogP contribution in [0.5, 0.6) is 11.5 Å². The maximum Gasteiger partial charge on any atom is 0.407 e. The van der Waals surface area contributed by atoms with Crippen LogP contribution in [0.1, 0.15) is 24.8 Å². The number of methoxy groups -OCH3 is 1. The third kappa shape index (κ3) is 7.31. The summed E-state index contributed by atoms with van der Waals surface area (Å²) in [5.74, 6) is -4.60. The zero-order valence-electron chi connectivity index (χ0n) is 16.6. The van der Waals surface area contributed by atoms with Gasteiger partial charge in [0.15, 0.2) is 23.1 Å². The standard InChI is InChI=1S/C21H24O10/c1-30-18-10-13(4-8-17(18)24)2-6-15(22)11-16(23)7-3-14-5-9-19(25)20(26,12-14)31-21(27,28)29/h2-4,6-10,14,24-29H,5,11-12H2,1H3/b6-2+,7-3+. The summed E-state index contributed by atoms with van der Waals surface area (Å²) in [7, 11) is 1.39. The first kappa shape index (κ1) is 24.3. The van der Waals surface area contributed by atoms with Crippen molar-refractivity contribution in [2.45, 2.75) is 31.2 Å². The maximum absolute atomic E-state index is 12.0. The summed E-state index contributed by atoms with van der Waals surface area (Å²) < 4.78 is 9.25. The smallest absolute Gasteiger partial charge is 0.407 e. The molecule has 1 aromatic carbocycles. The Labute approximate surface area is 177 Å².